The van der Waals surface area contributed by atoms with E-state index in [1.165, 1.54) is 0 Å². The number of allylic oxidation sites excluding steroid dienone is 2. The summed E-state index contributed by atoms with van der Waals surface area (Å²) >= 11 is 3.45. The van der Waals surface area contributed by atoms with Crippen LogP contribution in [-0.4, -0.2) is 29.6 Å². The molecule has 124 valence electrons. The molecule has 24 heavy (non-hydrogen) atoms. The van der Waals surface area contributed by atoms with E-state index in [9.17, 15) is 9.59 Å². The first-order valence-electron chi connectivity index (χ1n) is 8.12. The lowest BCUT2D eigenvalue weighted by Gasteiger charge is -2.13. The van der Waals surface area contributed by atoms with Gasteiger partial charge in [-0.2, -0.15) is 10.1 Å². The SMILES string of the molecule is CCOc1ccc(C=NN2C(=O)[C@@H]3[C@H](C2=O)[C@H]2C=C[C@H]3C2)cc1Br. The molecule has 1 aromatic carbocycles. The molecule has 4 rings (SSSR count). The summed E-state index contributed by atoms with van der Waals surface area (Å²) in [5.74, 6) is 0.410. The van der Waals surface area contributed by atoms with E-state index in [0.29, 0.717) is 6.61 Å². The number of carbonyl (C=O) groups is 2. The molecule has 3 aliphatic rings. The molecule has 1 aliphatic heterocycles. The summed E-state index contributed by atoms with van der Waals surface area (Å²) in [5.41, 5.74) is 0.795. The highest BCUT2D eigenvalue weighted by Crippen LogP contribution is 2.52. The van der Waals surface area contributed by atoms with E-state index >= 15 is 0 Å². The zero-order valence-corrected chi connectivity index (χ0v) is 14.8. The van der Waals surface area contributed by atoms with Crippen LogP contribution < -0.4 is 4.74 Å². The summed E-state index contributed by atoms with van der Waals surface area (Å²) in [4.78, 5) is 25.1. The highest BCUT2D eigenvalue weighted by Gasteiger charge is 2.59. The molecule has 4 atom stereocenters. The number of halogens is 1. The third-order valence-corrected chi connectivity index (χ3v) is 5.64. The van der Waals surface area contributed by atoms with Gasteiger partial charge in [0.05, 0.1) is 29.1 Å². The van der Waals surface area contributed by atoms with Crippen molar-refractivity contribution in [3.63, 3.8) is 0 Å². The number of imide groups is 1. The number of nitrogens with zero attached hydrogens (tertiary/aromatic N) is 2. The van der Waals surface area contributed by atoms with Crippen molar-refractivity contribution in [1.29, 1.82) is 0 Å². The molecule has 6 heteroatoms. The number of hydrazone groups is 1. The number of amides is 2. The highest BCUT2D eigenvalue weighted by molar-refractivity contribution is 9.10. The van der Waals surface area contributed by atoms with Gasteiger partial charge in [0.2, 0.25) is 0 Å². The summed E-state index contributed by atoms with van der Waals surface area (Å²) in [6.07, 6.45) is 6.63. The van der Waals surface area contributed by atoms with E-state index < -0.39 is 0 Å². The Labute approximate surface area is 148 Å². The smallest absolute Gasteiger partial charge is 0.254 e. The van der Waals surface area contributed by atoms with Crippen LogP contribution in [0.5, 0.6) is 5.75 Å². The number of ether oxygens (including phenoxy) is 1. The summed E-state index contributed by atoms with van der Waals surface area (Å²) in [6, 6.07) is 5.53. The maximum absolute atomic E-state index is 12.5. The fraction of sp³-hybridized carbons (Fsp3) is 0.389. The van der Waals surface area contributed by atoms with Gasteiger partial charge >= 0.3 is 0 Å². The molecule has 0 N–H and O–H groups in total. The molecule has 1 heterocycles. The maximum Gasteiger partial charge on any atom is 0.254 e. The third kappa shape index (κ3) is 2.32. The lowest BCUT2D eigenvalue weighted by molar-refractivity contribution is -0.140. The van der Waals surface area contributed by atoms with Crippen LogP contribution >= 0.6 is 15.9 Å². The van der Waals surface area contributed by atoms with Crippen LogP contribution in [0.1, 0.15) is 18.9 Å². The Morgan fingerprint density at radius 1 is 1.25 bits per heavy atom. The molecule has 2 bridgehead atoms. The number of carbonyl (C=O) groups excluding carboxylic acids is 2. The van der Waals surface area contributed by atoms with Crippen molar-refractivity contribution < 1.29 is 14.3 Å². The van der Waals surface area contributed by atoms with Crippen LogP contribution in [0.15, 0.2) is 39.9 Å². The van der Waals surface area contributed by atoms with Gasteiger partial charge in [0.15, 0.2) is 0 Å². The van der Waals surface area contributed by atoms with Gasteiger partial charge in [-0.1, -0.05) is 12.2 Å². The van der Waals surface area contributed by atoms with Crippen LogP contribution in [0, 0.1) is 23.7 Å². The molecule has 2 fully saturated rings. The van der Waals surface area contributed by atoms with Gasteiger partial charge in [-0.3, -0.25) is 9.59 Å². The van der Waals surface area contributed by atoms with Crippen molar-refractivity contribution in [2.45, 2.75) is 13.3 Å². The normalized spacial score (nSPS) is 30.7. The largest absolute Gasteiger partial charge is 0.493 e. The second-order valence-corrected chi connectivity index (χ2v) is 7.21. The molecule has 5 nitrogen and oxygen atoms in total. The maximum atomic E-state index is 12.5. The number of hydrogen-bond donors (Lipinski definition) is 0. The van der Waals surface area contributed by atoms with Gasteiger partial charge in [0.25, 0.3) is 11.8 Å². The van der Waals surface area contributed by atoms with E-state index in [2.05, 4.69) is 33.2 Å². The summed E-state index contributed by atoms with van der Waals surface area (Å²) < 4.78 is 6.28. The van der Waals surface area contributed by atoms with Crippen molar-refractivity contribution in [3.05, 3.63) is 40.4 Å². The Bertz CT molecular complexity index is 744. The predicted molar refractivity (Wildman–Crippen MR) is 92.5 cm³/mol. The molecule has 1 saturated carbocycles. The molecular weight excluding hydrogens is 372 g/mol. The summed E-state index contributed by atoms with van der Waals surface area (Å²) in [5, 5.41) is 5.23. The third-order valence-electron chi connectivity index (χ3n) is 5.03. The van der Waals surface area contributed by atoms with Gasteiger partial charge < -0.3 is 4.74 Å². The first-order valence-corrected chi connectivity index (χ1v) is 8.92. The monoisotopic (exact) mass is 388 g/mol. The molecule has 0 unspecified atom stereocenters. The van der Waals surface area contributed by atoms with Crippen LogP contribution in [0.25, 0.3) is 0 Å². The zero-order valence-electron chi connectivity index (χ0n) is 13.2. The summed E-state index contributed by atoms with van der Waals surface area (Å²) in [7, 11) is 0. The number of fused-ring (bicyclic) bond motifs is 5. The molecule has 0 spiro atoms. The Kier molecular flexibility index (Phi) is 3.79. The van der Waals surface area contributed by atoms with E-state index in [0.717, 1.165) is 27.2 Å². The van der Waals surface area contributed by atoms with E-state index in [1.807, 2.05) is 25.1 Å². The zero-order chi connectivity index (χ0) is 16.8. The Balaban J connectivity index is 1.54. The molecule has 0 radical (unpaired) electrons. The number of benzene rings is 1. The molecule has 1 saturated heterocycles. The van der Waals surface area contributed by atoms with Crippen molar-refractivity contribution in [1.82, 2.24) is 5.01 Å². The highest BCUT2D eigenvalue weighted by atomic mass is 79.9. The molecule has 2 amide bonds. The van der Waals surface area contributed by atoms with E-state index in [-0.39, 0.29) is 35.5 Å². The van der Waals surface area contributed by atoms with Gasteiger partial charge in [0, 0.05) is 0 Å². The quantitative estimate of drug-likeness (QED) is 0.452. The lowest BCUT2D eigenvalue weighted by Crippen LogP contribution is -2.28. The Morgan fingerprint density at radius 2 is 1.92 bits per heavy atom. The minimum absolute atomic E-state index is 0.164. The lowest BCUT2D eigenvalue weighted by atomic mass is 9.85. The van der Waals surface area contributed by atoms with E-state index in [4.69, 9.17) is 4.74 Å². The topological polar surface area (TPSA) is 59.0 Å². The standard InChI is InChI=1S/C18H17BrN2O3/c1-2-24-14-6-3-10(7-13(14)19)9-20-21-17(22)15-11-4-5-12(8-11)16(15)18(21)23/h3-7,9,11-12,15-16H,2,8H2,1H3/t11-,12-,15-,16+/m0/s1. The fourth-order valence-corrected chi connectivity index (χ4v) is 4.51. The van der Waals surface area contributed by atoms with Gasteiger partial charge in [-0.15, -0.1) is 0 Å². The van der Waals surface area contributed by atoms with Crippen LogP contribution in [-0.2, 0) is 9.59 Å². The van der Waals surface area contributed by atoms with Gasteiger partial charge in [0.1, 0.15) is 5.75 Å². The fourth-order valence-electron chi connectivity index (χ4n) is 3.99. The summed E-state index contributed by atoms with van der Waals surface area (Å²) in [6.45, 7) is 2.51. The van der Waals surface area contributed by atoms with Crippen molar-refractivity contribution in [2.24, 2.45) is 28.8 Å². The van der Waals surface area contributed by atoms with Crippen LogP contribution in [0.2, 0.25) is 0 Å². The first-order chi connectivity index (χ1) is 11.6. The Morgan fingerprint density at radius 3 is 2.50 bits per heavy atom. The van der Waals surface area contributed by atoms with Crippen molar-refractivity contribution >= 4 is 34.0 Å². The second-order valence-electron chi connectivity index (χ2n) is 6.36. The molecule has 0 aromatic heterocycles. The number of hydrogen-bond acceptors (Lipinski definition) is 4. The number of rotatable bonds is 4. The second kappa shape index (κ2) is 5.84. The van der Waals surface area contributed by atoms with Gasteiger partial charge in [-0.05, 0) is 64.9 Å². The van der Waals surface area contributed by atoms with E-state index in [1.54, 1.807) is 6.21 Å². The predicted octanol–water partition coefficient (Wildman–Crippen LogP) is 2.99. The van der Waals surface area contributed by atoms with Crippen molar-refractivity contribution in [3.8, 4) is 5.75 Å². The Hall–Kier alpha value is -1.95. The minimum atomic E-state index is -0.211. The first kappa shape index (κ1) is 15.6. The molecular formula is C18H17BrN2O3. The molecule has 1 aromatic rings. The van der Waals surface area contributed by atoms with Crippen LogP contribution in [0.4, 0.5) is 0 Å². The van der Waals surface area contributed by atoms with Crippen LogP contribution in [0.3, 0.4) is 0 Å². The van der Waals surface area contributed by atoms with Gasteiger partial charge in [-0.25, -0.2) is 0 Å². The average Bonchev–Trinajstić information content (AvgIpc) is 3.23. The average molecular weight is 389 g/mol. The minimum Gasteiger partial charge on any atom is -0.493 e. The molecule has 2 aliphatic carbocycles. The van der Waals surface area contributed by atoms with Crippen molar-refractivity contribution in [2.75, 3.05) is 6.61 Å².